The van der Waals surface area contributed by atoms with E-state index in [1.807, 2.05) is 11.8 Å². The molecular weight excluding hydrogens is 188 g/mol. The third-order valence-corrected chi connectivity index (χ3v) is 1.90. The topological polar surface area (TPSA) is 52.8 Å². The van der Waals surface area contributed by atoms with Gasteiger partial charge in [0.05, 0.1) is 18.3 Å². The van der Waals surface area contributed by atoms with Crippen molar-refractivity contribution in [3.63, 3.8) is 0 Å². The molecule has 1 rings (SSSR count). The molecule has 1 aromatic heterocycles. The molecule has 0 amide bonds. The predicted molar refractivity (Wildman–Crippen MR) is 58.1 cm³/mol. The maximum absolute atomic E-state index is 8.91. The van der Waals surface area contributed by atoms with Crippen molar-refractivity contribution < 1.29 is 0 Å². The molecule has 0 aliphatic carbocycles. The number of hydrogen-bond donors (Lipinski definition) is 0. The maximum Gasteiger partial charge on any atom is 0.170 e. The van der Waals surface area contributed by atoms with Crippen LogP contribution in [0.3, 0.4) is 0 Å². The van der Waals surface area contributed by atoms with Crippen molar-refractivity contribution >= 4 is 5.82 Å². The fourth-order valence-corrected chi connectivity index (χ4v) is 1.29. The van der Waals surface area contributed by atoms with Gasteiger partial charge in [-0.2, -0.15) is 10.4 Å². The minimum Gasteiger partial charge on any atom is -0.343 e. The molecule has 0 aliphatic heterocycles. The number of anilines is 1. The third kappa shape index (κ3) is 2.69. The van der Waals surface area contributed by atoms with Crippen molar-refractivity contribution in [2.24, 2.45) is 0 Å². The molecule has 0 aliphatic rings. The summed E-state index contributed by atoms with van der Waals surface area (Å²) in [5.74, 6) is 3.12. The lowest BCUT2D eigenvalue weighted by atomic mass is 10.2. The molecule has 1 aromatic rings. The zero-order valence-corrected chi connectivity index (χ0v) is 8.64. The molecule has 0 radical (unpaired) electrons. The molecule has 0 saturated carbocycles. The van der Waals surface area contributed by atoms with Crippen molar-refractivity contribution in [3.8, 4) is 18.4 Å². The molecule has 15 heavy (non-hydrogen) atoms. The Hall–Kier alpha value is -2.07. The summed E-state index contributed by atoms with van der Waals surface area (Å²) in [6, 6.07) is 3.72. The van der Waals surface area contributed by atoms with Gasteiger partial charge in [-0.1, -0.05) is 12.8 Å². The van der Waals surface area contributed by atoms with Gasteiger partial charge in [-0.3, -0.25) is 0 Å². The fourth-order valence-electron chi connectivity index (χ4n) is 1.29. The number of terminal acetylenes is 1. The first kappa shape index (κ1) is 11.0. The van der Waals surface area contributed by atoms with Gasteiger partial charge in [0.1, 0.15) is 6.07 Å². The second kappa shape index (κ2) is 5.62. The van der Waals surface area contributed by atoms with Gasteiger partial charge < -0.3 is 4.90 Å². The van der Waals surface area contributed by atoms with Crippen LogP contribution in [-0.2, 0) is 0 Å². The van der Waals surface area contributed by atoms with Crippen molar-refractivity contribution in [1.29, 1.82) is 5.26 Å². The van der Waals surface area contributed by atoms with E-state index in [2.05, 4.69) is 22.2 Å². The van der Waals surface area contributed by atoms with Gasteiger partial charge in [-0.05, 0) is 12.5 Å². The second-order valence-electron chi connectivity index (χ2n) is 3.01. The van der Waals surface area contributed by atoms with Gasteiger partial charge in [-0.25, -0.2) is 0 Å². The molecule has 0 saturated heterocycles. The molecule has 0 fully saturated rings. The summed E-state index contributed by atoms with van der Waals surface area (Å²) >= 11 is 0. The Morgan fingerprint density at radius 1 is 1.60 bits per heavy atom. The van der Waals surface area contributed by atoms with Crippen LogP contribution in [0, 0.1) is 23.7 Å². The van der Waals surface area contributed by atoms with Crippen molar-refractivity contribution in [3.05, 3.63) is 17.8 Å². The van der Waals surface area contributed by atoms with E-state index in [-0.39, 0.29) is 0 Å². The summed E-state index contributed by atoms with van der Waals surface area (Å²) in [7, 11) is 0. The van der Waals surface area contributed by atoms with Gasteiger partial charge in [0, 0.05) is 6.54 Å². The van der Waals surface area contributed by atoms with Crippen molar-refractivity contribution in [2.45, 2.75) is 13.3 Å². The molecule has 0 N–H and O–H groups in total. The lowest BCUT2D eigenvalue weighted by Crippen LogP contribution is -2.26. The molecule has 0 aromatic carbocycles. The summed E-state index contributed by atoms with van der Waals surface area (Å²) in [4.78, 5) is 1.88. The monoisotopic (exact) mass is 200 g/mol. The van der Waals surface area contributed by atoms with Gasteiger partial charge in [0.25, 0.3) is 0 Å². The highest BCUT2D eigenvalue weighted by atomic mass is 15.3. The zero-order chi connectivity index (χ0) is 11.1. The largest absolute Gasteiger partial charge is 0.343 e. The first-order valence-electron chi connectivity index (χ1n) is 4.73. The van der Waals surface area contributed by atoms with Gasteiger partial charge >= 0.3 is 0 Å². The van der Waals surface area contributed by atoms with Crippen LogP contribution in [0.5, 0.6) is 0 Å². The lowest BCUT2D eigenvalue weighted by Gasteiger charge is -2.20. The highest BCUT2D eigenvalue weighted by Crippen LogP contribution is 2.14. The van der Waals surface area contributed by atoms with Crippen LogP contribution >= 0.6 is 0 Å². The van der Waals surface area contributed by atoms with Crippen molar-refractivity contribution in [2.75, 3.05) is 18.0 Å². The first-order valence-corrected chi connectivity index (χ1v) is 4.73. The Morgan fingerprint density at radius 2 is 2.40 bits per heavy atom. The number of rotatable bonds is 4. The highest BCUT2D eigenvalue weighted by molar-refractivity contribution is 5.53. The predicted octanol–water partition coefficient (Wildman–Crippen LogP) is 1.20. The van der Waals surface area contributed by atoms with Crippen LogP contribution in [0.15, 0.2) is 12.3 Å². The Balaban J connectivity index is 3.01. The Kier molecular flexibility index (Phi) is 4.12. The van der Waals surface area contributed by atoms with Crippen LogP contribution < -0.4 is 4.90 Å². The van der Waals surface area contributed by atoms with E-state index in [0.29, 0.717) is 17.9 Å². The van der Waals surface area contributed by atoms with Crippen LogP contribution in [0.2, 0.25) is 0 Å². The minimum atomic E-state index is 0.446. The Bertz CT molecular complexity index is 400. The van der Waals surface area contributed by atoms with E-state index in [1.165, 1.54) is 6.20 Å². The van der Waals surface area contributed by atoms with E-state index >= 15 is 0 Å². The third-order valence-electron chi connectivity index (χ3n) is 1.90. The summed E-state index contributed by atoms with van der Waals surface area (Å²) in [6.45, 7) is 3.27. The second-order valence-corrected chi connectivity index (χ2v) is 3.01. The van der Waals surface area contributed by atoms with Gasteiger partial charge in [0.2, 0.25) is 0 Å². The average molecular weight is 200 g/mol. The number of nitriles is 1. The average Bonchev–Trinajstić information content (AvgIpc) is 2.29. The zero-order valence-electron chi connectivity index (χ0n) is 8.64. The Morgan fingerprint density at radius 3 is 3.00 bits per heavy atom. The van der Waals surface area contributed by atoms with Crippen LogP contribution in [0.4, 0.5) is 5.82 Å². The quantitative estimate of drug-likeness (QED) is 0.685. The van der Waals surface area contributed by atoms with E-state index in [1.54, 1.807) is 6.07 Å². The number of aromatic nitrogens is 2. The first-order chi connectivity index (χ1) is 7.33. The smallest absolute Gasteiger partial charge is 0.170 e. The minimum absolute atomic E-state index is 0.446. The van der Waals surface area contributed by atoms with E-state index in [9.17, 15) is 0 Å². The van der Waals surface area contributed by atoms with E-state index in [0.717, 1.165) is 13.0 Å². The molecule has 4 nitrogen and oxygen atoms in total. The summed E-state index contributed by atoms with van der Waals surface area (Å²) in [5, 5.41) is 16.6. The maximum atomic E-state index is 8.91. The molecular formula is C11H12N4. The van der Waals surface area contributed by atoms with Crippen LogP contribution in [-0.4, -0.2) is 23.3 Å². The summed E-state index contributed by atoms with van der Waals surface area (Å²) in [5.41, 5.74) is 0.508. The SMILES string of the molecule is C#CCN(CCC)c1nnccc1C#N. The summed E-state index contributed by atoms with van der Waals surface area (Å²) in [6.07, 6.45) is 7.72. The molecule has 4 heteroatoms. The molecule has 1 heterocycles. The van der Waals surface area contributed by atoms with E-state index in [4.69, 9.17) is 11.7 Å². The summed E-state index contributed by atoms with van der Waals surface area (Å²) < 4.78 is 0. The van der Waals surface area contributed by atoms with Crippen molar-refractivity contribution in [1.82, 2.24) is 10.2 Å². The molecule has 0 unspecified atom stereocenters. The molecule has 0 spiro atoms. The number of hydrogen-bond acceptors (Lipinski definition) is 4. The number of nitrogens with zero attached hydrogens (tertiary/aromatic N) is 4. The normalized spacial score (nSPS) is 9.00. The Labute approximate surface area is 89.5 Å². The lowest BCUT2D eigenvalue weighted by molar-refractivity contribution is 0.793. The molecule has 76 valence electrons. The highest BCUT2D eigenvalue weighted by Gasteiger charge is 2.10. The van der Waals surface area contributed by atoms with Crippen LogP contribution in [0.1, 0.15) is 18.9 Å². The standard InChI is InChI=1S/C11H12N4/c1-3-7-15(8-4-2)11-10(9-12)5-6-13-14-11/h1,5-6H,4,7-8H2,2H3. The van der Waals surface area contributed by atoms with E-state index < -0.39 is 0 Å². The fraction of sp³-hybridized carbons (Fsp3) is 0.364. The van der Waals surface area contributed by atoms with Gasteiger partial charge in [0.15, 0.2) is 5.82 Å². The molecule has 0 bridgehead atoms. The molecule has 0 atom stereocenters. The van der Waals surface area contributed by atoms with Gasteiger partial charge in [-0.15, -0.1) is 11.5 Å². The van der Waals surface area contributed by atoms with Crippen LogP contribution in [0.25, 0.3) is 0 Å².